The van der Waals surface area contributed by atoms with Crippen LogP contribution in [0.4, 0.5) is 15.8 Å². The van der Waals surface area contributed by atoms with E-state index < -0.39 is 0 Å². The average molecular weight is 436 g/mol. The molecule has 3 heterocycles. The average Bonchev–Trinajstić information content (AvgIpc) is 3.08. The molecule has 32 heavy (non-hydrogen) atoms. The second-order valence-electron chi connectivity index (χ2n) is 9.38. The normalized spacial score (nSPS) is 24.5. The summed E-state index contributed by atoms with van der Waals surface area (Å²) in [5.41, 5.74) is 4.23. The van der Waals surface area contributed by atoms with Crippen molar-refractivity contribution in [3.63, 3.8) is 0 Å². The topological polar surface area (TPSA) is 43.9 Å². The van der Waals surface area contributed by atoms with Gasteiger partial charge in [0.1, 0.15) is 5.82 Å². The van der Waals surface area contributed by atoms with Crippen LogP contribution >= 0.6 is 0 Å². The zero-order valence-electron chi connectivity index (χ0n) is 18.8. The minimum Gasteiger partial charge on any atom is -0.356 e. The zero-order valence-corrected chi connectivity index (χ0v) is 18.8. The van der Waals surface area contributed by atoms with E-state index in [2.05, 4.69) is 34.9 Å². The summed E-state index contributed by atoms with van der Waals surface area (Å²) in [5.74, 6) is -0.0944. The first-order chi connectivity index (χ1) is 15.4. The van der Waals surface area contributed by atoms with Crippen LogP contribution in [-0.2, 0) is 10.2 Å². The molecule has 2 unspecified atom stereocenters. The van der Waals surface area contributed by atoms with Gasteiger partial charge in [-0.25, -0.2) is 4.39 Å². The standard InChI is InChI=1S/C26H30FN3O2/c1-3-26-17-29(14-5-8-22(31)18-9-11-19(27)12-10-18)15-13-23(26)30-16-24(32)28(2)21-7-4-6-20(26)25(21)30/h4,6-7,9-12,23H,3,5,8,13-17H2,1-2H3. The van der Waals surface area contributed by atoms with Gasteiger partial charge in [0.2, 0.25) is 5.91 Å². The Balaban J connectivity index is 1.31. The number of fused-ring (bicyclic) bond motifs is 3. The van der Waals surface area contributed by atoms with Crippen LogP contribution < -0.4 is 9.80 Å². The number of anilines is 2. The number of Topliss-reactive ketones (excluding diaryl/α,β-unsaturated/α-hetero) is 1. The molecule has 2 aromatic rings. The monoisotopic (exact) mass is 435 g/mol. The third-order valence-corrected chi connectivity index (χ3v) is 7.79. The molecule has 0 N–H and O–H groups in total. The molecule has 0 bridgehead atoms. The number of piperidine rings is 1. The lowest BCUT2D eigenvalue weighted by Crippen LogP contribution is -2.58. The van der Waals surface area contributed by atoms with Gasteiger partial charge in [0.25, 0.3) is 0 Å². The highest BCUT2D eigenvalue weighted by Crippen LogP contribution is 2.55. The highest BCUT2D eigenvalue weighted by Gasteiger charge is 2.55. The molecule has 6 heteroatoms. The predicted octanol–water partition coefficient (Wildman–Crippen LogP) is 4.01. The van der Waals surface area contributed by atoms with Crippen LogP contribution in [0.25, 0.3) is 0 Å². The number of rotatable bonds is 6. The molecule has 1 saturated heterocycles. The Morgan fingerprint density at radius 2 is 1.97 bits per heavy atom. The van der Waals surface area contributed by atoms with E-state index in [0.29, 0.717) is 24.6 Å². The lowest BCUT2D eigenvalue weighted by molar-refractivity contribution is -0.117. The molecule has 3 aliphatic heterocycles. The van der Waals surface area contributed by atoms with Gasteiger partial charge in [0.05, 0.1) is 17.9 Å². The van der Waals surface area contributed by atoms with Gasteiger partial charge >= 0.3 is 0 Å². The fourth-order valence-electron chi connectivity index (χ4n) is 6.09. The van der Waals surface area contributed by atoms with Crippen LogP contribution in [-0.4, -0.2) is 55.9 Å². The molecule has 2 aromatic carbocycles. The van der Waals surface area contributed by atoms with Crippen molar-refractivity contribution in [3.05, 3.63) is 59.4 Å². The molecule has 0 radical (unpaired) electrons. The largest absolute Gasteiger partial charge is 0.356 e. The first-order valence-corrected chi connectivity index (χ1v) is 11.6. The van der Waals surface area contributed by atoms with Crippen molar-refractivity contribution < 1.29 is 14.0 Å². The summed E-state index contributed by atoms with van der Waals surface area (Å²) in [5, 5.41) is 0. The van der Waals surface area contributed by atoms with Crippen molar-refractivity contribution in [2.24, 2.45) is 0 Å². The molecular formula is C26H30FN3O2. The molecule has 1 amide bonds. The van der Waals surface area contributed by atoms with E-state index in [1.54, 1.807) is 17.0 Å². The van der Waals surface area contributed by atoms with Crippen LogP contribution in [0.1, 0.15) is 48.5 Å². The van der Waals surface area contributed by atoms with E-state index in [0.717, 1.165) is 44.6 Å². The fraction of sp³-hybridized carbons (Fsp3) is 0.462. The molecule has 3 aliphatic rings. The van der Waals surface area contributed by atoms with E-state index in [1.165, 1.54) is 23.4 Å². The van der Waals surface area contributed by atoms with Crippen LogP contribution in [0, 0.1) is 5.82 Å². The van der Waals surface area contributed by atoms with E-state index in [-0.39, 0.29) is 22.9 Å². The number of para-hydroxylation sites is 1. The highest BCUT2D eigenvalue weighted by atomic mass is 19.1. The number of amides is 1. The molecule has 5 rings (SSSR count). The summed E-state index contributed by atoms with van der Waals surface area (Å²) in [4.78, 5) is 31.8. The summed E-state index contributed by atoms with van der Waals surface area (Å²) in [6.07, 6.45) is 3.30. The molecule has 0 spiro atoms. The van der Waals surface area contributed by atoms with Gasteiger partial charge in [-0.1, -0.05) is 19.1 Å². The molecule has 0 aromatic heterocycles. The summed E-state index contributed by atoms with van der Waals surface area (Å²) in [6.45, 7) is 5.51. The van der Waals surface area contributed by atoms with Crippen LogP contribution in [0.15, 0.2) is 42.5 Å². The third-order valence-electron chi connectivity index (χ3n) is 7.79. The number of likely N-dealkylation sites (tertiary alicyclic amines) is 1. The zero-order chi connectivity index (χ0) is 22.5. The number of ketones is 1. The van der Waals surface area contributed by atoms with Crippen molar-refractivity contribution in [1.82, 2.24) is 4.90 Å². The number of hydrogen-bond donors (Lipinski definition) is 0. The van der Waals surface area contributed by atoms with E-state index in [4.69, 9.17) is 0 Å². The van der Waals surface area contributed by atoms with Gasteiger partial charge in [-0.15, -0.1) is 0 Å². The summed E-state index contributed by atoms with van der Waals surface area (Å²) in [7, 11) is 1.88. The molecule has 1 fully saturated rings. The lowest BCUT2D eigenvalue weighted by Gasteiger charge is -2.47. The lowest BCUT2D eigenvalue weighted by atomic mass is 9.70. The van der Waals surface area contributed by atoms with Gasteiger partial charge < -0.3 is 14.7 Å². The Hall–Kier alpha value is -2.73. The highest BCUT2D eigenvalue weighted by molar-refractivity contribution is 6.04. The Morgan fingerprint density at radius 3 is 2.72 bits per heavy atom. The molecule has 2 atom stereocenters. The first kappa shape index (κ1) is 21.1. The number of hydrogen-bond acceptors (Lipinski definition) is 4. The second kappa shape index (κ2) is 8.00. The van der Waals surface area contributed by atoms with Crippen LogP contribution in [0.2, 0.25) is 0 Å². The summed E-state index contributed by atoms with van der Waals surface area (Å²) >= 11 is 0. The molecule has 0 aliphatic carbocycles. The van der Waals surface area contributed by atoms with Gasteiger partial charge in [-0.2, -0.15) is 0 Å². The number of halogens is 1. The van der Waals surface area contributed by atoms with Crippen LogP contribution in [0.3, 0.4) is 0 Å². The van der Waals surface area contributed by atoms with Gasteiger partial charge in [-0.3, -0.25) is 9.59 Å². The number of carbonyl (C=O) groups is 2. The van der Waals surface area contributed by atoms with E-state index in [1.807, 2.05) is 7.05 Å². The van der Waals surface area contributed by atoms with Crippen molar-refractivity contribution >= 4 is 23.1 Å². The Morgan fingerprint density at radius 1 is 1.19 bits per heavy atom. The molecular weight excluding hydrogens is 405 g/mol. The number of likely N-dealkylation sites (N-methyl/N-ethyl adjacent to an activating group) is 1. The smallest absolute Gasteiger partial charge is 0.246 e. The number of carbonyl (C=O) groups excluding carboxylic acids is 2. The molecule has 5 nitrogen and oxygen atoms in total. The third kappa shape index (κ3) is 3.24. The van der Waals surface area contributed by atoms with Crippen LogP contribution in [0.5, 0.6) is 0 Å². The molecule has 168 valence electrons. The summed E-state index contributed by atoms with van der Waals surface area (Å²) in [6, 6.07) is 12.6. The van der Waals surface area contributed by atoms with Gasteiger partial charge in [0.15, 0.2) is 5.78 Å². The van der Waals surface area contributed by atoms with Crippen molar-refractivity contribution in [2.45, 2.75) is 44.1 Å². The van der Waals surface area contributed by atoms with Crippen molar-refractivity contribution in [2.75, 3.05) is 43.0 Å². The number of benzene rings is 2. The van der Waals surface area contributed by atoms with Crippen molar-refractivity contribution in [1.29, 1.82) is 0 Å². The first-order valence-electron chi connectivity index (χ1n) is 11.6. The minimum atomic E-state index is -0.319. The maximum absolute atomic E-state index is 13.1. The number of nitrogens with zero attached hydrogens (tertiary/aromatic N) is 3. The maximum atomic E-state index is 13.1. The maximum Gasteiger partial charge on any atom is 0.246 e. The second-order valence-corrected chi connectivity index (χ2v) is 9.38. The Kier molecular flexibility index (Phi) is 5.28. The SMILES string of the molecule is CCC12CN(CCCC(=O)c3ccc(F)cc3)CCC1N1CC(=O)N(C)c3cccc2c31. The fourth-order valence-corrected chi connectivity index (χ4v) is 6.09. The van der Waals surface area contributed by atoms with E-state index in [9.17, 15) is 14.0 Å². The predicted molar refractivity (Wildman–Crippen MR) is 124 cm³/mol. The molecule has 0 saturated carbocycles. The van der Waals surface area contributed by atoms with E-state index >= 15 is 0 Å². The Labute approximate surface area is 188 Å². The van der Waals surface area contributed by atoms with Gasteiger partial charge in [0, 0.05) is 43.6 Å². The minimum absolute atomic E-state index is 0.00994. The Bertz CT molecular complexity index is 1050. The summed E-state index contributed by atoms with van der Waals surface area (Å²) < 4.78 is 13.1. The quantitative estimate of drug-likeness (QED) is 0.643. The van der Waals surface area contributed by atoms with Gasteiger partial charge in [-0.05, 0) is 61.7 Å². The van der Waals surface area contributed by atoms with Crippen molar-refractivity contribution in [3.8, 4) is 0 Å².